The summed E-state index contributed by atoms with van der Waals surface area (Å²) in [6, 6.07) is 18.7. The minimum absolute atomic E-state index is 0.00120. The molecule has 1 aromatic heterocycles. The molecule has 1 N–H and O–H groups in total. The van der Waals surface area contributed by atoms with Crippen molar-refractivity contribution in [3.8, 4) is 0 Å². The SMILES string of the molecule is C=C/C=C(\C=C(/C)Cl)SNC1CCCc2ccc(N(Cc3cccc(C)n3)C(=O)C[C@H](C)c3ccc(F)cc3)cc21. The minimum Gasteiger partial charge on any atom is -0.306 e. The molecular weight excluding hydrogens is 553 g/mol. The second kappa shape index (κ2) is 14.6. The highest BCUT2D eigenvalue weighted by Crippen LogP contribution is 2.36. The maximum atomic E-state index is 13.9. The highest BCUT2D eigenvalue weighted by Gasteiger charge is 2.25. The number of nitrogens with zero attached hydrogens (tertiary/aromatic N) is 2. The van der Waals surface area contributed by atoms with Crippen molar-refractivity contribution in [2.45, 2.75) is 65.0 Å². The van der Waals surface area contributed by atoms with Crippen LogP contribution in [0.1, 0.15) is 73.1 Å². The Bertz CT molecular complexity index is 1430. The number of carbonyl (C=O) groups is 1. The zero-order valence-electron chi connectivity index (χ0n) is 23.9. The van der Waals surface area contributed by atoms with E-state index in [0.29, 0.717) is 18.0 Å². The van der Waals surface area contributed by atoms with Crippen LogP contribution in [0.3, 0.4) is 0 Å². The van der Waals surface area contributed by atoms with Crippen molar-refractivity contribution in [1.29, 1.82) is 0 Å². The molecule has 0 spiro atoms. The van der Waals surface area contributed by atoms with Gasteiger partial charge in [0.1, 0.15) is 5.82 Å². The molecule has 214 valence electrons. The van der Waals surface area contributed by atoms with Gasteiger partial charge in [-0.05, 0) is 116 Å². The van der Waals surface area contributed by atoms with Crippen LogP contribution in [0.5, 0.6) is 0 Å². The Labute approximate surface area is 252 Å². The van der Waals surface area contributed by atoms with Crippen LogP contribution in [-0.2, 0) is 17.8 Å². The summed E-state index contributed by atoms with van der Waals surface area (Å²) in [4.78, 5) is 21.4. The predicted octanol–water partition coefficient (Wildman–Crippen LogP) is 9.08. The summed E-state index contributed by atoms with van der Waals surface area (Å²) in [5.41, 5.74) is 6.01. The molecule has 2 atom stereocenters. The number of rotatable bonds is 11. The maximum absolute atomic E-state index is 13.9. The van der Waals surface area contributed by atoms with E-state index in [1.54, 1.807) is 18.2 Å². The van der Waals surface area contributed by atoms with Crippen LogP contribution in [0.4, 0.5) is 10.1 Å². The predicted molar refractivity (Wildman–Crippen MR) is 170 cm³/mol. The highest BCUT2D eigenvalue weighted by molar-refractivity contribution is 8.01. The number of hydrogen-bond acceptors (Lipinski definition) is 4. The van der Waals surface area contributed by atoms with E-state index in [2.05, 4.69) is 28.4 Å². The topological polar surface area (TPSA) is 45.2 Å². The lowest BCUT2D eigenvalue weighted by molar-refractivity contribution is -0.119. The number of carbonyl (C=O) groups excluding carboxylic acids is 1. The fourth-order valence-corrected chi connectivity index (χ4v) is 6.20. The van der Waals surface area contributed by atoms with Gasteiger partial charge in [0.25, 0.3) is 0 Å². The van der Waals surface area contributed by atoms with Gasteiger partial charge >= 0.3 is 0 Å². The number of pyridine rings is 1. The maximum Gasteiger partial charge on any atom is 0.227 e. The van der Waals surface area contributed by atoms with Gasteiger partial charge in [-0.15, -0.1) is 0 Å². The van der Waals surface area contributed by atoms with Gasteiger partial charge in [0.15, 0.2) is 0 Å². The van der Waals surface area contributed by atoms with Crippen molar-refractivity contribution in [3.63, 3.8) is 0 Å². The van der Waals surface area contributed by atoms with Crippen LogP contribution in [0.2, 0.25) is 0 Å². The van der Waals surface area contributed by atoms with Crippen LogP contribution < -0.4 is 9.62 Å². The molecule has 0 radical (unpaired) electrons. The zero-order valence-corrected chi connectivity index (χ0v) is 25.4. The smallest absolute Gasteiger partial charge is 0.227 e. The van der Waals surface area contributed by atoms with Crippen LogP contribution >= 0.6 is 23.5 Å². The Morgan fingerprint density at radius 3 is 2.73 bits per heavy atom. The number of anilines is 1. The van der Waals surface area contributed by atoms with E-state index in [4.69, 9.17) is 11.6 Å². The summed E-state index contributed by atoms with van der Waals surface area (Å²) in [5, 5.41) is 0.701. The molecule has 1 heterocycles. The number of benzene rings is 2. The Morgan fingerprint density at radius 2 is 2.02 bits per heavy atom. The van der Waals surface area contributed by atoms with Gasteiger partial charge in [-0.2, -0.15) is 0 Å². The molecule has 2 aromatic carbocycles. The summed E-state index contributed by atoms with van der Waals surface area (Å²) in [6.45, 7) is 10.0. The lowest BCUT2D eigenvalue weighted by Gasteiger charge is -2.30. The summed E-state index contributed by atoms with van der Waals surface area (Å²) >= 11 is 7.68. The summed E-state index contributed by atoms with van der Waals surface area (Å²) in [7, 11) is 0. The first kappa shape index (κ1) is 30.8. The number of hydrogen-bond donors (Lipinski definition) is 1. The quantitative estimate of drug-likeness (QED) is 0.179. The lowest BCUT2D eigenvalue weighted by Crippen LogP contribution is -2.32. The van der Waals surface area contributed by atoms with Crippen molar-refractivity contribution in [1.82, 2.24) is 9.71 Å². The Kier molecular flexibility index (Phi) is 11.0. The summed E-state index contributed by atoms with van der Waals surface area (Å²) in [6.07, 6.45) is 8.97. The van der Waals surface area contributed by atoms with Crippen LogP contribution in [-0.4, -0.2) is 10.9 Å². The van der Waals surface area contributed by atoms with Gasteiger partial charge in [0.2, 0.25) is 5.91 Å². The minimum atomic E-state index is -0.282. The normalized spacial score (nSPS) is 16.2. The van der Waals surface area contributed by atoms with Crippen molar-refractivity contribution < 1.29 is 9.18 Å². The van der Waals surface area contributed by atoms with Crippen LogP contribution in [0.25, 0.3) is 0 Å². The highest BCUT2D eigenvalue weighted by atomic mass is 35.5. The third kappa shape index (κ3) is 8.65. The van der Waals surface area contributed by atoms with E-state index < -0.39 is 0 Å². The van der Waals surface area contributed by atoms with Gasteiger partial charge in [0.05, 0.1) is 12.2 Å². The average molecular weight is 590 g/mol. The molecule has 1 amide bonds. The van der Waals surface area contributed by atoms with Gasteiger partial charge in [-0.25, -0.2) is 4.39 Å². The molecule has 0 saturated carbocycles. The molecule has 1 aliphatic carbocycles. The number of allylic oxidation sites excluding steroid dienone is 4. The van der Waals surface area contributed by atoms with E-state index in [0.717, 1.165) is 46.8 Å². The number of amides is 1. The van der Waals surface area contributed by atoms with E-state index in [9.17, 15) is 9.18 Å². The molecule has 4 rings (SSSR count). The summed E-state index contributed by atoms with van der Waals surface area (Å²) < 4.78 is 17.1. The second-order valence-electron chi connectivity index (χ2n) is 10.5. The van der Waals surface area contributed by atoms with E-state index >= 15 is 0 Å². The molecule has 0 aliphatic heterocycles. The first-order chi connectivity index (χ1) is 19.7. The number of aromatic nitrogens is 1. The molecule has 3 aromatic rings. The molecule has 7 heteroatoms. The monoisotopic (exact) mass is 589 g/mol. The molecule has 0 fully saturated rings. The average Bonchev–Trinajstić information content (AvgIpc) is 2.94. The van der Waals surface area contributed by atoms with Gasteiger partial charge in [-0.3, -0.25) is 14.5 Å². The van der Waals surface area contributed by atoms with E-state index in [1.165, 1.54) is 35.2 Å². The number of fused-ring (bicyclic) bond motifs is 1. The van der Waals surface area contributed by atoms with Gasteiger partial charge < -0.3 is 4.90 Å². The first-order valence-electron chi connectivity index (χ1n) is 13.9. The van der Waals surface area contributed by atoms with Gasteiger partial charge in [0, 0.05) is 33.8 Å². The lowest BCUT2D eigenvalue weighted by atomic mass is 9.87. The Balaban J connectivity index is 1.63. The van der Waals surface area contributed by atoms with E-state index in [1.807, 2.05) is 62.1 Å². The van der Waals surface area contributed by atoms with Crippen molar-refractivity contribution in [3.05, 3.63) is 129 Å². The first-order valence-corrected chi connectivity index (χ1v) is 15.1. The van der Waals surface area contributed by atoms with Crippen LogP contribution in [0, 0.1) is 12.7 Å². The number of aryl methyl sites for hydroxylation is 2. The van der Waals surface area contributed by atoms with E-state index in [-0.39, 0.29) is 23.7 Å². The van der Waals surface area contributed by atoms with Crippen molar-refractivity contribution in [2.75, 3.05) is 4.90 Å². The van der Waals surface area contributed by atoms with Crippen molar-refractivity contribution >= 4 is 35.1 Å². The third-order valence-corrected chi connectivity index (χ3v) is 8.19. The molecule has 41 heavy (non-hydrogen) atoms. The Hall–Kier alpha value is -3.19. The standard InChI is InChI=1S/C34H37ClFN3OS/c1-5-8-31(20-24(3)35)41-38-33-12-7-10-27-15-18-30(21-32(27)33)39(22-29-11-6-9-25(4)37-29)34(40)19-23(2)26-13-16-28(36)17-14-26/h5-6,8-9,11,13-18,20-21,23,33,38H,1,7,10,12,19,22H2,2-4H3/b24-20+,31-8+/t23-,33?/m0/s1. The number of nitrogens with one attached hydrogen (secondary N) is 1. The number of halogens is 2. The zero-order chi connectivity index (χ0) is 29.4. The second-order valence-corrected chi connectivity index (χ2v) is 12.0. The third-order valence-electron chi connectivity index (χ3n) is 7.18. The molecule has 4 nitrogen and oxygen atoms in total. The summed E-state index contributed by atoms with van der Waals surface area (Å²) in [5.74, 6) is -0.345. The molecule has 1 aliphatic rings. The van der Waals surface area contributed by atoms with Gasteiger partial charge in [-0.1, -0.05) is 55.4 Å². The van der Waals surface area contributed by atoms with Crippen LogP contribution in [0.15, 0.2) is 95.4 Å². The largest absolute Gasteiger partial charge is 0.306 e. The molecule has 0 bridgehead atoms. The Morgan fingerprint density at radius 1 is 1.24 bits per heavy atom. The molecule has 1 unspecified atom stereocenters. The fourth-order valence-electron chi connectivity index (χ4n) is 5.09. The fraction of sp³-hybridized carbons (Fsp3) is 0.294. The van der Waals surface area contributed by atoms with Crippen molar-refractivity contribution in [2.24, 2.45) is 0 Å². The molecular formula is C34H37ClFN3OS. The molecule has 0 saturated heterocycles.